The van der Waals surface area contributed by atoms with Crippen LogP contribution in [0.25, 0.3) is 6.08 Å². The standard InChI is InChI=1S/C21H23NO4/c1-21(2,3)19(24)17-14-13-10-25-20(26-13)18(23)15(14)16-12-7-5-4-6-11(12)8-9-22(16)17/h4-9,13-17,20H,10H2,1-3H3/t13-,14-,15-,16+,17-,20-/m0/s1. The van der Waals surface area contributed by atoms with Gasteiger partial charge in [-0.05, 0) is 17.2 Å². The number of carbonyl (C=O) groups is 2. The lowest BCUT2D eigenvalue weighted by Gasteiger charge is -2.36. The van der Waals surface area contributed by atoms with Gasteiger partial charge in [0.2, 0.25) is 6.29 Å². The van der Waals surface area contributed by atoms with Gasteiger partial charge in [-0.15, -0.1) is 0 Å². The SMILES string of the molecule is CC(C)(C)C(=O)[C@@H]1[C@@H]2[C@H](C(=O)[C@H]3OC[C@@H]2O3)[C@H]2c3ccccc3C=CN12. The molecule has 0 radical (unpaired) electrons. The van der Waals surface area contributed by atoms with Crippen molar-refractivity contribution in [3.8, 4) is 0 Å². The van der Waals surface area contributed by atoms with Crippen molar-refractivity contribution in [2.75, 3.05) is 6.61 Å². The zero-order valence-electron chi connectivity index (χ0n) is 15.2. The number of hydrogen-bond donors (Lipinski definition) is 0. The van der Waals surface area contributed by atoms with E-state index >= 15 is 0 Å². The third kappa shape index (κ3) is 2.04. The second-order valence-electron chi connectivity index (χ2n) is 8.74. The molecule has 0 N–H and O–H groups in total. The van der Waals surface area contributed by atoms with Crippen molar-refractivity contribution in [2.45, 2.75) is 45.2 Å². The number of fused-ring (bicyclic) bond motifs is 8. The third-order valence-corrected chi connectivity index (χ3v) is 6.21. The summed E-state index contributed by atoms with van der Waals surface area (Å²) in [4.78, 5) is 28.6. The maximum Gasteiger partial charge on any atom is 0.218 e. The van der Waals surface area contributed by atoms with Crippen LogP contribution in [0.3, 0.4) is 0 Å². The Kier molecular flexibility index (Phi) is 3.29. The number of benzene rings is 1. The van der Waals surface area contributed by atoms with Crippen molar-refractivity contribution in [1.29, 1.82) is 0 Å². The van der Waals surface area contributed by atoms with Crippen LogP contribution in [0, 0.1) is 17.3 Å². The van der Waals surface area contributed by atoms with E-state index in [9.17, 15) is 9.59 Å². The lowest BCUT2D eigenvalue weighted by Crippen LogP contribution is -2.50. The molecule has 3 fully saturated rings. The molecule has 3 saturated heterocycles. The number of nitrogens with zero attached hydrogens (tertiary/aromatic N) is 1. The minimum Gasteiger partial charge on any atom is -0.359 e. The van der Waals surface area contributed by atoms with Crippen LogP contribution in [-0.2, 0) is 19.1 Å². The Morgan fingerprint density at radius 3 is 2.77 bits per heavy atom. The van der Waals surface area contributed by atoms with Gasteiger partial charge in [0.25, 0.3) is 0 Å². The molecule has 4 heterocycles. The highest BCUT2D eigenvalue weighted by Crippen LogP contribution is 2.55. The predicted molar refractivity (Wildman–Crippen MR) is 94.9 cm³/mol. The zero-order valence-corrected chi connectivity index (χ0v) is 15.2. The quantitative estimate of drug-likeness (QED) is 0.777. The molecule has 5 nitrogen and oxygen atoms in total. The molecule has 0 unspecified atom stereocenters. The fourth-order valence-corrected chi connectivity index (χ4v) is 5.06. The number of ether oxygens (including phenoxy) is 2. The molecular weight excluding hydrogens is 330 g/mol. The van der Waals surface area contributed by atoms with Crippen molar-refractivity contribution >= 4 is 17.6 Å². The van der Waals surface area contributed by atoms with Crippen molar-refractivity contribution in [2.24, 2.45) is 17.3 Å². The molecule has 5 rings (SSSR count). The second-order valence-corrected chi connectivity index (χ2v) is 8.74. The van der Waals surface area contributed by atoms with Gasteiger partial charge in [-0.2, -0.15) is 0 Å². The Hall–Kier alpha value is -1.98. The van der Waals surface area contributed by atoms with Gasteiger partial charge in [-0.1, -0.05) is 45.0 Å². The maximum absolute atomic E-state index is 13.4. The normalized spacial score (nSPS) is 37.3. The molecule has 0 saturated carbocycles. The molecule has 5 heteroatoms. The van der Waals surface area contributed by atoms with Crippen LogP contribution in [0.4, 0.5) is 0 Å². The Labute approximate surface area is 153 Å². The third-order valence-electron chi connectivity index (χ3n) is 6.21. The molecule has 0 aliphatic carbocycles. The van der Waals surface area contributed by atoms with E-state index in [4.69, 9.17) is 9.47 Å². The van der Waals surface area contributed by atoms with E-state index in [-0.39, 0.29) is 41.6 Å². The van der Waals surface area contributed by atoms with Crippen LogP contribution in [0.15, 0.2) is 30.5 Å². The fraction of sp³-hybridized carbons (Fsp3) is 0.524. The fourth-order valence-electron chi connectivity index (χ4n) is 5.06. The van der Waals surface area contributed by atoms with Gasteiger partial charge in [0, 0.05) is 17.5 Å². The highest BCUT2D eigenvalue weighted by atomic mass is 16.7. The summed E-state index contributed by atoms with van der Waals surface area (Å²) in [6, 6.07) is 7.64. The van der Waals surface area contributed by atoms with E-state index < -0.39 is 11.7 Å². The molecule has 4 aliphatic heterocycles. The van der Waals surface area contributed by atoms with Gasteiger partial charge in [0.05, 0.1) is 30.7 Å². The van der Waals surface area contributed by atoms with Gasteiger partial charge in [-0.3, -0.25) is 9.59 Å². The smallest absolute Gasteiger partial charge is 0.218 e. The largest absolute Gasteiger partial charge is 0.359 e. The first-order chi connectivity index (χ1) is 12.4. The van der Waals surface area contributed by atoms with Gasteiger partial charge < -0.3 is 14.4 Å². The molecule has 0 spiro atoms. The van der Waals surface area contributed by atoms with E-state index in [1.165, 1.54) is 0 Å². The molecule has 0 amide bonds. The summed E-state index contributed by atoms with van der Waals surface area (Å²) in [6.45, 7) is 6.22. The molecule has 1 aromatic rings. The average molecular weight is 353 g/mol. The molecule has 2 bridgehead atoms. The Morgan fingerprint density at radius 2 is 2.00 bits per heavy atom. The molecule has 26 heavy (non-hydrogen) atoms. The summed E-state index contributed by atoms with van der Waals surface area (Å²) < 4.78 is 11.4. The monoisotopic (exact) mass is 353 g/mol. The molecule has 0 aromatic heterocycles. The second kappa shape index (κ2) is 5.27. The number of Topliss-reactive ketones (excluding diaryl/α,β-unsaturated/α-hetero) is 2. The molecule has 1 aromatic carbocycles. The van der Waals surface area contributed by atoms with Gasteiger partial charge in [0.1, 0.15) is 0 Å². The van der Waals surface area contributed by atoms with E-state index in [2.05, 4.69) is 17.0 Å². The van der Waals surface area contributed by atoms with Gasteiger partial charge in [-0.25, -0.2) is 0 Å². The minimum absolute atomic E-state index is 0.0203. The number of carbonyl (C=O) groups excluding carboxylic acids is 2. The summed E-state index contributed by atoms with van der Waals surface area (Å²) in [6.07, 6.45) is 3.07. The minimum atomic E-state index is -0.773. The first kappa shape index (κ1) is 16.2. The van der Waals surface area contributed by atoms with Gasteiger partial charge in [0.15, 0.2) is 11.6 Å². The molecule has 136 valence electrons. The number of hydrogen-bond acceptors (Lipinski definition) is 5. The van der Waals surface area contributed by atoms with Crippen molar-refractivity contribution in [3.63, 3.8) is 0 Å². The van der Waals surface area contributed by atoms with E-state index in [1.807, 2.05) is 45.2 Å². The highest BCUT2D eigenvalue weighted by Gasteiger charge is 2.64. The van der Waals surface area contributed by atoms with Crippen LogP contribution >= 0.6 is 0 Å². The highest BCUT2D eigenvalue weighted by molar-refractivity contribution is 5.94. The summed E-state index contributed by atoms with van der Waals surface area (Å²) in [5, 5.41) is 0. The van der Waals surface area contributed by atoms with Gasteiger partial charge >= 0.3 is 0 Å². The van der Waals surface area contributed by atoms with E-state index in [1.54, 1.807) is 0 Å². The van der Waals surface area contributed by atoms with E-state index in [0.717, 1.165) is 11.1 Å². The topological polar surface area (TPSA) is 55.8 Å². The summed E-state index contributed by atoms with van der Waals surface area (Å²) in [5.41, 5.74) is 1.74. The molecule has 6 atom stereocenters. The Balaban J connectivity index is 1.68. The zero-order chi connectivity index (χ0) is 18.2. The maximum atomic E-state index is 13.4. The molecular formula is C21H23NO4. The number of rotatable bonds is 1. The van der Waals surface area contributed by atoms with Crippen LogP contribution in [0.2, 0.25) is 0 Å². The molecule has 4 aliphatic rings. The first-order valence-electron chi connectivity index (χ1n) is 9.27. The summed E-state index contributed by atoms with van der Waals surface area (Å²) >= 11 is 0. The van der Waals surface area contributed by atoms with Crippen LogP contribution in [0.5, 0.6) is 0 Å². The predicted octanol–water partition coefficient (Wildman–Crippen LogP) is 2.57. The summed E-state index contributed by atoms with van der Waals surface area (Å²) in [7, 11) is 0. The lowest BCUT2D eigenvalue weighted by molar-refractivity contribution is -0.165. The Morgan fingerprint density at radius 1 is 1.23 bits per heavy atom. The van der Waals surface area contributed by atoms with E-state index in [0.29, 0.717) is 6.61 Å². The van der Waals surface area contributed by atoms with Crippen molar-refractivity contribution in [3.05, 3.63) is 41.6 Å². The van der Waals surface area contributed by atoms with Crippen molar-refractivity contribution in [1.82, 2.24) is 4.90 Å². The number of ketones is 2. The van der Waals surface area contributed by atoms with Crippen LogP contribution in [-0.4, -0.2) is 41.5 Å². The van der Waals surface area contributed by atoms with Crippen LogP contribution < -0.4 is 0 Å². The summed E-state index contributed by atoms with van der Waals surface area (Å²) in [5.74, 6) is -0.314. The Bertz CT molecular complexity index is 824. The lowest BCUT2D eigenvalue weighted by atomic mass is 9.73. The average Bonchev–Trinajstić information content (AvgIpc) is 3.19. The van der Waals surface area contributed by atoms with Crippen molar-refractivity contribution < 1.29 is 19.1 Å². The first-order valence-corrected chi connectivity index (χ1v) is 9.27. The van der Waals surface area contributed by atoms with Crippen LogP contribution in [0.1, 0.15) is 37.9 Å².